The molecule has 1 saturated heterocycles. The van der Waals surface area contributed by atoms with Crippen molar-refractivity contribution in [2.24, 2.45) is 5.73 Å². The van der Waals surface area contributed by atoms with Crippen LogP contribution in [0.1, 0.15) is 30.3 Å². The van der Waals surface area contributed by atoms with Crippen molar-refractivity contribution in [3.8, 4) is 0 Å². The summed E-state index contributed by atoms with van der Waals surface area (Å²) in [6.07, 6.45) is 6.02. The van der Waals surface area contributed by atoms with Crippen LogP contribution in [0.2, 0.25) is 0 Å². The highest BCUT2D eigenvalue weighted by Gasteiger charge is 2.25. The Hall–Kier alpha value is -2.70. The van der Waals surface area contributed by atoms with E-state index in [2.05, 4.69) is 55.8 Å². The highest BCUT2D eigenvalue weighted by molar-refractivity contribution is 6.01. The topological polar surface area (TPSA) is 75.8 Å². The van der Waals surface area contributed by atoms with E-state index in [9.17, 15) is 0 Å². The number of aromatic amines is 1. The van der Waals surface area contributed by atoms with Gasteiger partial charge in [0.15, 0.2) is 0 Å². The summed E-state index contributed by atoms with van der Waals surface area (Å²) in [6, 6.07) is 13.2. The normalized spacial score (nSPS) is 16.5. The Kier molecular flexibility index (Phi) is 4.14. The quantitative estimate of drug-likeness (QED) is 0.586. The number of H-pyrrole nitrogens is 1. The number of aromatic nitrogens is 4. The molecule has 27 heavy (non-hydrogen) atoms. The SMILES string of the molecule is NCc1nc2cnc3[nH]ccc3c2n1C1CCN(Cc2ccccc2)CC1. The number of hydrogen-bond donors (Lipinski definition) is 2. The zero-order chi connectivity index (χ0) is 18.2. The summed E-state index contributed by atoms with van der Waals surface area (Å²) in [7, 11) is 0. The summed E-state index contributed by atoms with van der Waals surface area (Å²) < 4.78 is 2.38. The van der Waals surface area contributed by atoms with Crippen LogP contribution in [0.5, 0.6) is 0 Å². The van der Waals surface area contributed by atoms with Gasteiger partial charge in [-0.2, -0.15) is 0 Å². The second-order valence-electron chi connectivity index (χ2n) is 7.33. The molecule has 1 aliphatic heterocycles. The van der Waals surface area contributed by atoms with Gasteiger partial charge in [-0.3, -0.25) is 4.90 Å². The van der Waals surface area contributed by atoms with E-state index in [0.717, 1.165) is 54.9 Å². The summed E-state index contributed by atoms with van der Waals surface area (Å²) in [6.45, 7) is 3.65. The van der Waals surface area contributed by atoms with Crippen molar-refractivity contribution in [1.82, 2.24) is 24.4 Å². The lowest BCUT2D eigenvalue weighted by Crippen LogP contribution is -2.34. The van der Waals surface area contributed by atoms with E-state index in [1.54, 1.807) is 0 Å². The lowest BCUT2D eigenvalue weighted by atomic mass is 10.0. The van der Waals surface area contributed by atoms with Crippen molar-refractivity contribution in [2.45, 2.75) is 32.0 Å². The van der Waals surface area contributed by atoms with Crippen LogP contribution < -0.4 is 5.73 Å². The number of benzene rings is 1. The number of hydrogen-bond acceptors (Lipinski definition) is 4. The monoisotopic (exact) mass is 360 g/mol. The maximum absolute atomic E-state index is 6.05. The Morgan fingerprint density at radius 3 is 2.70 bits per heavy atom. The average Bonchev–Trinajstić information content (AvgIpc) is 3.33. The van der Waals surface area contributed by atoms with Gasteiger partial charge >= 0.3 is 0 Å². The predicted molar refractivity (Wildman–Crippen MR) is 107 cm³/mol. The van der Waals surface area contributed by atoms with Gasteiger partial charge < -0.3 is 15.3 Å². The molecule has 3 aromatic heterocycles. The van der Waals surface area contributed by atoms with Crippen LogP contribution in [0.3, 0.4) is 0 Å². The van der Waals surface area contributed by atoms with E-state index in [4.69, 9.17) is 10.7 Å². The third-order valence-electron chi connectivity index (χ3n) is 5.66. The van der Waals surface area contributed by atoms with Crippen molar-refractivity contribution >= 4 is 22.1 Å². The van der Waals surface area contributed by atoms with Gasteiger partial charge in [-0.25, -0.2) is 9.97 Å². The Labute approximate surface area is 158 Å². The molecule has 138 valence electrons. The molecule has 0 bridgehead atoms. The third-order valence-corrected chi connectivity index (χ3v) is 5.66. The molecule has 0 amide bonds. The van der Waals surface area contributed by atoms with E-state index in [-0.39, 0.29) is 0 Å². The Balaban J connectivity index is 1.43. The van der Waals surface area contributed by atoms with Crippen LogP contribution in [0.15, 0.2) is 48.8 Å². The maximum Gasteiger partial charge on any atom is 0.139 e. The fourth-order valence-electron chi connectivity index (χ4n) is 4.35. The molecule has 5 rings (SSSR count). The van der Waals surface area contributed by atoms with E-state index >= 15 is 0 Å². The number of likely N-dealkylation sites (tertiary alicyclic amines) is 1. The highest BCUT2D eigenvalue weighted by atomic mass is 15.2. The van der Waals surface area contributed by atoms with Crippen molar-refractivity contribution in [2.75, 3.05) is 13.1 Å². The van der Waals surface area contributed by atoms with Crippen LogP contribution in [0, 0.1) is 0 Å². The van der Waals surface area contributed by atoms with Crippen molar-refractivity contribution in [1.29, 1.82) is 0 Å². The van der Waals surface area contributed by atoms with E-state index in [1.807, 2.05) is 12.4 Å². The standard InChI is InChI=1S/C21H24N6/c22-12-19-25-18-13-24-21-17(6-9-23-21)20(18)27(19)16-7-10-26(11-8-16)14-15-4-2-1-3-5-15/h1-6,9,13,16H,7-8,10-12,14,22H2,(H,23,24). The Bertz CT molecular complexity index is 1060. The number of nitrogens with zero attached hydrogens (tertiary/aromatic N) is 4. The summed E-state index contributed by atoms with van der Waals surface area (Å²) in [5.41, 5.74) is 10.4. The molecule has 3 N–H and O–H groups in total. The molecule has 1 aromatic carbocycles. The smallest absolute Gasteiger partial charge is 0.139 e. The van der Waals surface area contributed by atoms with Gasteiger partial charge in [0.2, 0.25) is 0 Å². The summed E-state index contributed by atoms with van der Waals surface area (Å²) in [4.78, 5) is 15.0. The molecule has 0 spiro atoms. The van der Waals surface area contributed by atoms with Gasteiger partial charge in [-0.1, -0.05) is 30.3 Å². The molecule has 4 aromatic rings. The first-order valence-corrected chi connectivity index (χ1v) is 9.63. The molecule has 0 atom stereocenters. The maximum atomic E-state index is 6.05. The molecule has 0 unspecified atom stereocenters. The molecule has 0 radical (unpaired) electrons. The number of imidazole rings is 1. The summed E-state index contributed by atoms with van der Waals surface area (Å²) in [5, 5.41) is 1.13. The number of rotatable bonds is 4. The highest BCUT2D eigenvalue weighted by Crippen LogP contribution is 2.32. The summed E-state index contributed by atoms with van der Waals surface area (Å²) >= 11 is 0. The second kappa shape index (κ2) is 6.79. The zero-order valence-corrected chi connectivity index (χ0v) is 15.3. The van der Waals surface area contributed by atoms with Crippen LogP contribution in [0.25, 0.3) is 22.1 Å². The van der Waals surface area contributed by atoms with Gasteiger partial charge in [0.1, 0.15) is 17.0 Å². The lowest BCUT2D eigenvalue weighted by Gasteiger charge is -2.33. The number of nitrogens with two attached hydrogens (primary N) is 1. The van der Waals surface area contributed by atoms with Crippen LogP contribution in [0.4, 0.5) is 0 Å². The van der Waals surface area contributed by atoms with Gasteiger partial charge in [-0.05, 0) is 24.5 Å². The molecular weight excluding hydrogens is 336 g/mol. The van der Waals surface area contributed by atoms with Gasteiger partial charge in [0, 0.05) is 37.3 Å². The minimum Gasteiger partial charge on any atom is -0.346 e. The zero-order valence-electron chi connectivity index (χ0n) is 15.3. The lowest BCUT2D eigenvalue weighted by molar-refractivity contribution is 0.180. The van der Waals surface area contributed by atoms with E-state index < -0.39 is 0 Å². The Morgan fingerprint density at radius 2 is 1.93 bits per heavy atom. The minimum atomic E-state index is 0.432. The van der Waals surface area contributed by atoms with Gasteiger partial charge in [-0.15, -0.1) is 0 Å². The van der Waals surface area contributed by atoms with Gasteiger partial charge in [0.05, 0.1) is 18.3 Å². The Morgan fingerprint density at radius 1 is 1.11 bits per heavy atom. The molecule has 1 aliphatic rings. The van der Waals surface area contributed by atoms with Crippen molar-refractivity contribution in [3.63, 3.8) is 0 Å². The van der Waals surface area contributed by atoms with Crippen LogP contribution in [-0.2, 0) is 13.1 Å². The van der Waals surface area contributed by atoms with Crippen LogP contribution >= 0.6 is 0 Å². The first-order chi connectivity index (χ1) is 13.3. The van der Waals surface area contributed by atoms with Crippen LogP contribution in [-0.4, -0.2) is 37.5 Å². The van der Waals surface area contributed by atoms with Crippen molar-refractivity contribution < 1.29 is 0 Å². The molecule has 0 saturated carbocycles. The molecule has 4 heterocycles. The van der Waals surface area contributed by atoms with E-state index in [1.165, 1.54) is 11.1 Å². The van der Waals surface area contributed by atoms with Gasteiger partial charge in [0.25, 0.3) is 0 Å². The summed E-state index contributed by atoms with van der Waals surface area (Å²) in [5.74, 6) is 0.960. The fourth-order valence-corrected chi connectivity index (χ4v) is 4.35. The largest absolute Gasteiger partial charge is 0.346 e. The molecule has 0 aliphatic carbocycles. The number of nitrogens with one attached hydrogen (secondary N) is 1. The van der Waals surface area contributed by atoms with Crippen molar-refractivity contribution in [3.05, 3.63) is 60.2 Å². The fraction of sp³-hybridized carbons (Fsp3) is 0.333. The molecule has 1 fully saturated rings. The predicted octanol–water partition coefficient (Wildman–Crippen LogP) is 3.21. The molecule has 6 nitrogen and oxygen atoms in total. The first-order valence-electron chi connectivity index (χ1n) is 9.63. The number of pyridine rings is 1. The molecule has 6 heteroatoms. The second-order valence-corrected chi connectivity index (χ2v) is 7.33. The first kappa shape index (κ1) is 16.5. The minimum absolute atomic E-state index is 0.432. The number of piperidine rings is 1. The van der Waals surface area contributed by atoms with E-state index in [0.29, 0.717) is 12.6 Å². The number of fused-ring (bicyclic) bond motifs is 3. The third kappa shape index (κ3) is 2.91. The average molecular weight is 360 g/mol. The molecular formula is C21H24N6.